The zero-order chi connectivity index (χ0) is 23.2. The third-order valence-corrected chi connectivity index (χ3v) is 8.58. The van der Waals surface area contributed by atoms with E-state index >= 15 is 0 Å². The number of benzene rings is 1. The summed E-state index contributed by atoms with van der Waals surface area (Å²) in [5.74, 6) is -0.392. The molecule has 2 saturated heterocycles. The zero-order valence-electron chi connectivity index (χ0n) is 18.8. The predicted molar refractivity (Wildman–Crippen MR) is 126 cm³/mol. The fourth-order valence-electron chi connectivity index (χ4n) is 6.04. The zero-order valence-corrected chi connectivity index (χ0v) is 19.6. The summed E-state index contributed by atoms with van der Waals surface area (Å²) in [5, 5.41) is 14.7. The molecule has 5 nitrogen and oxygen atoms in total. The van der Waals surface area contributed by atoms with Crippen LogP contribution in [0.4, 0.5) is 19.0 Å². The summed E-state index contributed by atoms with van der Waals surface area (Å²) in [5.41, 5.74) is -0.0393. The lowest BCUT2D eigenvalue weighted by atomic mass is 10.00. The maximum absolute atomic E-state index is 14.4. The largest absolute Gasteiger partial charge is 0.381 e. The molecule has 6 rings (SSSR count). The van der Waals surface area contributed by atoms with Crippen LogP contribution in [0.3, 0.4) is 0 Å². The van der Waals surface area contributed by atoms with Gasteiger partial charge in [-0.15, -0.1) is 21.5 Å². The van der Waals surface area contributed by atoms with Gasteiger partial charge < -0.3 is 15.0 Å². The molecule has 4 heterocycles. The molecule has 3 aromatic rings. The van der Waals surface area contributed by atoms with Gasteiger partial charge in [0.05, 0.1) is 4.70 Å². The molecule has 2 aromatic heterocycles. The van der Waals surface area contributed by atoms with Gasteiger partial charge in [-0.3, -0.25) is 0 Å². The Balaban J connectivity index is 1.15. The molecular weight excluding hydrogens is 461 g/mol. The fraction of sp³-hybridized carbons (Fsp3) is 0.520. The van der Waals surface area contributed by atoms with E-state index in [4.69, 9.17) is 4.74 Å². The van der Waals surface area contributed by atoms with Gasteiger partial charge in [0.2, 0.25) is 0 Å². The quantitative estimate of drug-likeness (QED) is 0.493. The van der Waals surface area contributed by atoms with Gasteiger partial charge in [-0.25, -0.2) is 13.2 Å². The van der Waals surface area contributed by atoms with Crippen molar-refractivity contribution in [2.75, 3.05) is 38.2 Å². The standard InChI is InChI=1S/C25H27F3N4OS/c26-17-9-20(22(28)21(27)10-17)23-24-19(3-6-34-24)25(31-30-23)29-18-7-15-12-32(13-16(15)8-18)11-14-1-4-33-5-2-14/h3,6,9-10,14-16,18H,1-2,4-5,7-8,11-13H2,(H,29,31)/t15-,16?,18?/m1/s1. The Morgan fingerprint density at radius 2 is 1.82 bits per heavy atom. The molecule has 3 atom stereocenters. The Kier molecular flexibility index (Phi) is 5.95. The van der Waals surface area contributed by atoms with E-state index in [0.29, 0.717) is 34.5 Å². The predicted octanol–water partition coefficient (Wildman–Crippen LogP) is 5.32. The van der Waals surface area contributed by atoms with Crippen LogP contribution in [0.2, 0.25) is 0 Å². The molecule has 0 spiro atoms. The fourth-order valence-corrected chi connectivity index (χ4v) is 6.94. The highest BCUT2D eigenvalue weighted by molar-refractivity contribution is 7.17. The van der Waals surface area contributed by atoms with Gasteiger partial charge in [0, 0.05) is 55.9 Å². The summed E-state index contributed by atoms with van der Waals surface area (Å²) in [7, 11) is 0. The highest BCUT2D eigenvalue weighted by Gasteiger charge is 2.41. The summed E-state index contributed by atoms with van der Waals surface area (Å²) >= 11 is 1.37. The molecule has 0 amide bonds. The highest BCUT2D eigenvalue weighted by Crippen LogP contribution is 2.41. The Labute approximate surface area is 200 Å². The molecule has 3 aliphatic rings. The summed E-state index contributed by atoms with van der Waals surface area (Å²) in [6.07, 6.45) is 4.53. The molecule has 34 heavy (non-hydrogen) atoms. The number of halogens is 3. The van der Waals surface area contributed by atoms with Crippen molar-refractivity contribution in [3.63, 3.8) is 0 Å². The van der Waals surface area contributed by atoms with Crippen LogP contribution in [0.1, 0.15) is 25.7 Å². The van der Waals surface area contributed by atoms with Crippen LogP contribution < -0.4 is 5.32 Å². The Hall–Kier alpha value is -2.23. The molecule has 2 aliphatic heterocycles. The van der Waals surface area contributed by atoms with Gasteiger partial charge in [-0.1, -0.05) is 0 Å². The number of rotatable bonds is 5. The Bertz CT molecular complexity index is 1180. The Morgan fingerprint density at radius 1 is 1.06 bits per heavy atom. The van der Waals surface area contributed by atoms with Gasteiger partial charge in [0.1, 0.15) is 11.5 Å². The van der Waals surface area contributed by atoms with Crippen molar-refractivity contribution in [1.82, 2.24) is 15.1 Å². The molecule has 2 unspecified atom stereocenters. The SMILES string of the molecule is Fc1cc(F)c(F)c(-c2nnc(NC3CC4CN(CC5CCOCC5)C[C@H]4C3)c3ccsc23)c1. The number of aromatic nitrogens is 2. The lowest BCUT2D eigenvalue weighted by molar-refractivity contribution is 0.0545. The van der Waals surface area contributed by atoms with Crippen LogP contribution in [0.15, 0.2) is 23.6 Å². The minimum absolute atomic E-state index is 0.165. The second kappa shape index (κ2) is 9.09. The Morgan fingerprint density at radius 3 is 2.59 bits per heavy atom. The van der Waals surface area contributed by atoms with Crippen molar-refractivity contribution >= 4 is 27.2 Å². The number of hydrogen-bond donors (Lipinski definition) is 1. The van der Waals surface area contributed by atoms with Gasteiger partial charge in [-0.05, 0) is 60.9 Å². The topological polar surface area (TPSA) is 50.3 Å². The molecule has 9 heteroatoms. The van der Waals surface area contributed by atoms with E-state index in [-0.39, 0.29) is 11.3 Å². The number of nitrogens with zero attached hydrogens (tertiary/aromatic N) is 3. The first-order valence-electron chi connectivity index (χ1n) is 12.0. The molecule has 1 N–H and O–H groups in total. The van der Waals surface area contributed by atoms with E-state index in [1.54, 1.807) is 0 Å². The first-order valence-corrected chi connectivity index (χ1v) is 12.9. The normalized spacial score (nSPS) is 25.8. The van der Waals surface area contributed by atoms with Crippen LogP contribution in [0.25, 0.3) is 21.3 Å². The van der Waals surface area contributed by atoms with E-state index in [9.17, 15) is 13.2 Å². The van der Waals surface area contributed by atoms with Crippen molar-refractivity contribution in [2.45, 2.75) is 31.7 Å². The molecule has 180 valence electrons. The average molecular weight is 489 g/mol. The van der Waals surface area contributed by atoms with Crippen LogP contribution in [0, 0.1) is 35.2 Å². The summed E-state index contributed by atoms with van der Waals surface area (Å²) in [6.45, 7) is 5.30. The minimum atomic E-state index is -1.23. The van der Waals surface area contributed by atoms with Gasteiger partial charge in [-0.2, -0.15) is 0 Å². The van der Waals surface area contributed by atoms with Gasteiger partial charge in [0.15, 0.2) is 17.5 Å². The van der Waals surface area contributed by atoms with E-state index in [1.165, 1.54) is 30.7 Å². The first-order chi connectivity index (χ1) is 16.5. The lowest BCUT2D eigenvalue weighted by Gasteiger charge is -2.27. The maximum atomic E-state index is 14.4. The van der Waals surface area contributed by atoms with Crippen molar-refractivity contribution in [3.8, 4) is 11.3 Å². The van der Waals surface area contributed by atoms with Crippen LogP contribution >= 0.6 is 11.3 Å². The number of likely N-dealkylation sites (tertiary alicyclic amines) is 1. The van der Waals surface area contributed by atoms with Gasteiger partial charge in [0.25, 0.3) is 0 Å². The second-order valence-corrected chi connectivity index (χ2v) is 10.8. The number of thiophene rings is 1. The number of hydrogen-bond acceptors (Lipinski definition) is 6. The summed E-state index contributed by atoms with van der Waals surface area (Å²) < 4.78 is 48.1. The molecule has 3 fully saturated rings. The molecule has 1 aliphatic carbocycles. The average Bonchev–Trinajstić information content (AvgIpc) is 3.53. The van der Waals surface area contributed by atoms with Crippen LogP contribution in [-0.4, -0.2) is 54.0 Å². The third-order valence-electron chi connectivity index (χ3n) is 7.66. The second-order valence-electron chi connectivity index (χ2n) is 9.92. The van der Waals surface area contributed by atoms with E-state index in [2.05, 4.69) is 20.4 Å². The first kappa shape index (κ1) is 22.2. The lowest BCUT2D eigenvalue weighted by Crippen LogP contribution is -2.32. The third kappa shape index (κ3) is 4.18. The summed E-state index contributed by atoms with van der Waals surface area (Å²) in [4.78, 5) is 2.64. The van der Waals surface area contributed by atoms with E-state index < -0.39 is 17.5 Å². The number of fused-ring (bicyclic) bond motifs is 2. The van der Waals surface area contributed by atoms with Crippen LogP contribution in [0.5, 0.6) is 0 Å². The molecule has 0 radical (unpaired) electrons. The number of anilines is 1. The van der Waals surface area contributed by atoms with Crippen molar-refractivity contribution in [2.24, 2.45) is 17.8 Å². The summed E-state index contributed by atoms with van der Waals surface area (Å²) in [6, 6.07) is 3.72. The maximum Gasteiger partial charge on any atom is 0.168 e. The van der Waals surface area contributed by atoms with Crippen molar-refractivity contribution < 1.29 is 17.9 Å². The highest BCUT2D eigenvalue weighted by atomic mass is 32.1. The van der Waals surface area contributed by atoms with E-state index in [1.807, 2.05) is 11.4 Å². The number of nitrogens with one attached hydrogen (secondary N) is 1. The molecule has 0 bridgehead atoms. The smallest absolute Gasteiger partial charge is 0.168 e. The molecular formula is C25H27F3N4OS. The van der Waals surface area contributed by atoms with Crippen molar-refractivity contribution in [1.29, 1.82) is 0 Å². The molecule has 1 aromatic carbocycles. The monoisotopic (exact) mass is 488 g/mol. The number of ether oxygens (including phenoxy) is 1. The van der Waals surface area contributed by atoms with Crippen molar-refractivity contribution in [3.05, 3.63) is 41.0 Å². The van der Waals surface area contributed by atoms with Crippen LogP contribution in [-0.2, 0) is 4.74 Å². The van der Waals surface area contributed by atoms with Gasteiger partial charge >= 0.3 is 0 Å². The van der Waals surface area contributed by atoms with E-state index in [0.717, 1.165) is 56.5 Å². The minimum Gasteiger partial charge on any atom is -0.381 e. The molecule has 1 saturated carbocycles.